The molecule has 4 aromatic rings. The van der Waals surface area contributed by atoms with E-state index in [1.54, 1.807) is 52.7 Å². The molecule has 1 aliphatic heterocycles. The molecule has 0 aliphatic carbocycles. The first-order valence-electron chi connectivity index (χ1n) is 11.4. The van der Waals surface area contributed by atoms with Gasteiger partial charge in [0, 0.05) is 29.2 Å². The lowest BCUT2D eigenvalue weighted by atomic mass is 9.99. The van der Waals surface area contributed by atoms with Crippen molar-refractivity contribution < 1.29 is 39.1 Å². The third-order valence-corrected chi connectivity index (χ3v) is 6.70. The van der Waals surface area contributed by atoms with Crippen LogP contribution in [0.4, 0.5) is 4.39 Å². The molecule has 0 unspecified atom stereocenters. The number of halogens is 2. The Labute approximate surface area is 215 Å². The molecule has 37 heavy (non-hydrogen) atoms. The molecule has 5 atom stereocenters. The van der Waals surface area contributed by atoms with E-state index >= 15 is 0 Å². The van der Waals surface area contributed by atoms with Gasteiger partial charge in [0.25, 0.3) is 0 Å². The standard InChI is InChI=1S/C26H24ClFN2O7/c1-29-8-2-3-17(29)22(32)16-7-5-14(28)10-19(16)30-11-20(15-6-4-13(27)9-18(15)30)36-26-25(35)24(34)23(33)21(12-31)37-26/h2-11,21,23-26,31,33-35H,12H2,1H3/t21-,23-,24+,25-,26+/m1/s1. The van der Waals surface area contributed by atoms with E-state index in [9.17, 15) is 29.6 Å². The Kier molecular flexibility index (Phi) is 6.80. The minimum absolute atomic E-state index is 0.164. The zero-order valence-corrected chi connectivity index (χ0v) is 20.3. The minimum Gasteiger partial charge on any atom is -0.460 e. The first-order chi connectivity index (χ1) is 17.7. The van der Waals surface area contributed by atoms with Crippen LogP contribution >= 0.6 is 11.6 Å². The van der Waals surface area contributed by atoms with Gasteiger partial charge in [0.1, 0.15) is 36.0 Å². The van der Waals surface area contributed by atoms with Gasteiger partial charge in [-0.25, -0.2) is 4.39 Å². The Bertz CT molecular complexity index is 1470. The molecule has 1 fully saturated rings. The number of ether oxygens (including phenoxy) is 2. The molecule has 2 aromatic carbocycles. The first-order valence-corrected chi connectivity index (χ1v) is 11.8. The summed E-state index contributed by atoms with van der Waals surface area (Å²) in [5, 5.41) is 41.0. The summed E-state index contributed by atoms with van der Waals surface area (Å²) in [6.07, 6.45) is -4.19. The fraction of sp³-hybridized carbons (Fsp3) is 0.269. The van der Waals surface area contributed by atoms with Gasteiger partial charge in [-0.05, 0) is 48.5 Å². The van der Waals surface area contributed by atoms with Crippen LogP contribution < -0.4 is 4.74 Å². The number of aliphatic hydroxyl groups is 4. The van der Waals surface area contributed by atoms with Crippen LogP contribution in [-0.2, 0) is 11.8 Å². The number of nitrogens with zero attached hydrogens (tertiary/aromatic N) is 2. The van der Waals surface area contributed by atoms with Crippen molar-refractivity contribution in [2.24, 2.45) is 7.05 Å². The van der Waals surface area contributed by atoms with E-state index in [1.165, 1.54) is 24.4 Å². The van der Waals surface area contributed by atoms with Crippen LogP contribution in [0, 0.1) is 5.82 Å². The molecule has 2 aromatic heterocycles. The number of aromatic nitrogens is 2. The Balaban J connectivity index is 1.62. The highest BCUT2D eigenvalue weighted by molar-refractivity contribution is 6.31. The molecule has 0 amide bonds. The lowest BCUT2D eigenvalue weighted by molar-refractivity contribution is -0.277. The fourth-order valence-corrected chi connectivity index (χ4v) is 4.65. The number of hydrogen-bond donors (Lipinski definition) is 4. The van der Waals surface area contributed by atoms with Crippen molar-refractivity contribution in [3.63, 3.8) is 0 Å². The van der Waals surface area contributed by atoms with E-state index in [0.717, 1.165) is 0 Å². The summed E-state index contributed by atoms with van der Waals surface area (Å²) < 4.78 is 29.1. The number of hydrogen-bond acceptors (Lipinski definition) is 7. The quantitative estimate of drug-likeness (QED) is 0.281. The van der Waals surface area contributed by atoms with Crippen LogP contribution in [0.1, 0.15) is 16.1 Å². The third kappa shape index (κ3) is 4.52. The van der Waals surface area contributed by atoms with E-state index in [1.807, 2.05) is 0 Å². The predicted molar refractivity (Wildman–Crippen MR) is 131 cm³/mol. The Hall–Kier alpha value is -3.25. The van der Waals surface area contributed by atoms with E-state index < -0.39 is 43.1 Å². The molecule has 3 heterocycles. The van der Waals surface area contributed by atoms with Crippen LogP contribution in [0.5, 0.6) is 5.75 Å². The molecule has 9 nitrogen and oxygen atoms in total. The molecular weight excluding hydrogens is 507 g/mol. The van der Waals surface area contributed by atoms with Gasteiger partial charge in [-0.2, -0.15) is 0 Å². The molecule has 0 saturated carbocycles. The summed E-state index contributed by atoms with van der Waals surface area (Å²) in [6.45, 7) is -0.615. The molecular formula is C26H24ClFN2O7. The maximum atomic E-state index is 14.5. The van der Waals surface area contributed by atoms with Crippen LogP contribution in [0.3, 0.4) is 0 Å². The SMILES string of the molecule is Cn1cccc1C(=O)c1ccc(F)cc1-n1cc(O[C@H]2O[C@H](CO)[C@@H](O)[C@H](O)[C@H]2O)c2ccc(Cl)cc21. The van der Waals surface area contributed by atoms with E-state index in [-0.39, 0.29) is 22.8 Å². The topological polar surface area (TPSA) is 126 Å². The molecule has 1 saturated heterocycles. The van der Waals surface area contributed by atoms with Crippen molar-refractivity contribution in [3.05, 3.63) is 83.0 Å². The zero-order chi connectivity index (χ0) is 26.4. The fourth-order valence-electron chi connectivity index (χ4n) is 4.48. The Morgan fingerprint density at radius 3 is 2.59 bits per heavy atom. The van der Waals surface area contributed by atoms with Crippen molar-refractivity contribution in [1.82, 2.24) is 9.13 Å². The van der Waals surface area contributed by atoms with Crippen LogP contribution in [0.25, 0.3) is 16.6 Å². The van der Waals surface area contributed by atoms with Crippen LogP contribution in [-0.4, -0.2) is 72.7 Å². The third-order valence-electron chi connectivity index (χ3n) is 6.46. The number of benzene rings is 2. The monoisotopic (exact) mass is 530 g/mol. The Morgan fingerprint density at radius 2 is 1.89 bits per heavy atom. The van der Waals surface area contributed by atoms with E-state index in [4.69, 9.17) is 21.1 Å². The van der Waals surface area contributed by atoms with Gasteiger partial charge in [0.15, 0.2) is 0 Å². The van der Waals surface area contributed by atoms with Crippen molar-refractivity contribution >= 4 is 28.3 Å². The molecule has 0 radical (unpaired) electrons. The smallest absolute Gasteiger partial charge is 0.229 e. The Morgan fingerprint density at radius 1 is 1.11 bits per heavy atom. The van der Waals surface area contributed by atoms with Crippen molar-refractivity contribution in [2.45, 2.75) is 30.7 Å². The molecule has 4 N–H and O–H groups in total. The highest BCUT2D eigenvalue weighted by Crippen LogP contribution is 2.36. The number of fused-ring (bicyclic) bond motifs is 1. The summed E-state index contributed by atoms with van der Waals surface area (Å²) in [6, 6.07) is 12.1. The van der Waals surface area contributed by atoms with Crippen molar-refractivity contribution in [1.29, 1.82) is 0 Å². The van der Waals surface area contributed by atoms with Gasteiger partial charge < -0.3 is 39.0 Å². The second-order valence-corrected chi connectivity index (χ2v) is 9.27. The summed E-state index contributed by atoms with van der Waals surface area (Å²) in [7, 11) is 1.73. The van der Waals surface area contributed by atoms with Gasteiger partial charge in [-0.3, -0.25) is 4.79 Å². The molecule has 194 valence electrons. The van der Waals surface area contributed by atoms with E-state index in [0.29, 0.717) is 21.6 Å². The molecule has 1 aliphatic rings. The van der Waals surface area contributed by atoms with Gasteiger partial charge in [0.2, 0.25) is 12.1 Å². The maximum Gasteiger partial charge on any atom is 0.229 e. The number of aliphatic hydroxyl groups excluding tert-OH is 4. The number of aryl methyl sites for hydroxylation is 1. The first kappa shape index (κ1) is 25.4. The largest absolute Gasteiger partial charge is 0.460 e. The molecule has 0 bridgehead atoms. The van der Waals surface area contributed by atoms with Gasteiger partial charge in [-0.15, -0.1) is 0 Å². The number of carbonyl (C=O) groups is 1. The highest BCUT2D eigenvalue weighted by atomic mass is 35.5. The number of rotatable bonds is 6. The van der Waals surface area contributed by atoms with Gasteiger partial charge in [0.05, 0.1) is 29.7 Å². The summed E-state index contributed by atoms with van der Waals surface area (Å²) in [4.78, 5) is 13.4. The van der Waals surface area contributed by atoms with E-state index in [2.05, 4.69) is 0 Å². The zero-order valence-electron chi connectivity index (χ0n) is 19.5. The molecule has 0 spiro atoms. The lowest BCUT2D eigenvalue weighted by Gasteiger charge is -2.39. The van der Waals surface area contributed by atoms with Crippen LogP contribution in [0.15, 0.2) is 60.9 Å². The lowest BCUT2D eigenvalue weighted by Crippen LogP contribution is -2.60. The van der Waals surface area contributed by atoms with Crippen LogP contribution in [0.2, 0.25) is 5.02 Å². The average molecular weight is 531 g/mol. The normalized spacial score (nSPS) is 23.9. The molecule has 5 rings (SSSR count). The summed E-state index contributed by atoms with van der Waals surface area (Å²) in [5.74, 6) is -0.737. The maximum absolute atomic E-state index is 14.5. The molecule has 11 heteroatoms. The number of carbonyl (C=O) groups excluding carboxylic acids is 1. The second kappa shape index (κ2) is 9.90. The summed E-state index contributed by atoms with van der Waals surface area (Å²) >= 11 is 6.26. The highest BCUT2D eigenvalue weighted by Gasteiger charge is 2.45. The number of ketones is 1. The van der Waals surface area contributed by atoms with Crippen molar-refractivity contribution in [2.75, 3.05) is 6.61 Å². The second-order valence-electron chi connectivity index (χ2n) is 8.83. The van der Waals surface area contributed by atoms with Gasteiger partial charge in [-0.1, -0.05) is 11.6 Å². The van der Waals surface area contributed by atoms with Gasteiger partial charge >= 0.3 is 0 Å². The predicted octanol–water partition coefficient (Wildman–Crippen LogP) is 2.17. The van der Waals surface area contributed by atoms with Crippen molar-refractivity contribution in [3.8, 4) is 11.4 Å². The summed E-state index contributed by atoms with van der Waals surface area (Å²) in [5.41, 5.74) is 1.32. The minimum atomic E-state index is -1.63. The average Bonchev–Trinajstić information content (AvgIpc) is 3.46.